The number of carbonyl (C=O) groups is 1. The summed E-state index contributed by atoms with van der Waals surface area (Å²) >= 11 is 2.54. The molecule has 0 aliphatic carbocycles. The summed E-state index contributed by atoms with van der Waals surface area (Å²) in [5, 5.41) is 3.35. The number of thioether (sulfide) groups is 2. The fraction of sp³-hybridized carbons (Fsp3) is 0.406. The van der Waals surface area contributed by atoms with E-state index in [0.717, 1.165) is 48.5 Å². The van der Waals surface area contributed by atoms with Gasteiger partial charge in [-0.2, -0.15) is 13.2 Å². The highest BCUT2D eigenvalue weighted by molar-refractivity contribution is 8.00. The van der Waals surface area contributed by atoms with Crippen molar-refractivity contribution in [3.05, 3.63) is 78.4 Å². The monoisotopic (exact) mass is 633 g/mol. The Balaban J connectivity index is 1.40. The van der Waals surface area contributed by atoms with Gasteiger partial charge < -0.3 is 10.2 Å². The first-order valence-corrected chi connectivity index (χ1v) is 16.7. The molecule has 1 heterocycles. The van der Waals surface area contributed by atoms with E-state index in [4.69, 9.17) is 0 Å². The molecule has 0 bridgehead atoms. The smallest absolute Gasteiger partial charge is 0.380 e. The fourth-order valence-electron chi connectivity index (χ4n) is 4.56. The van der Waals surface area contributed by atoms with E-state index in [1.165, 1.54) is 6.07 Å². The number of benzene rings is 3. The average molecular weight is 634 g/mol. The zero-order valence-electron chi connectivity index (χ0n) is 24.3. The topological polar surface area (TPSA) is 44.4 Å². The average Bonchev–Trinajstić information content (AvgIpc) is 2.94. The number of amides is 1. The number of nitrogens with zero attached hydrogens (tertiary/aromatic N) is 1. The Labute approximate surface area is 260 Å². The van der Waals surface area contributed by atoms with Crippen molar-refractivity contribution in [2.45, 2.75) is 66.8 Å². The van der Waals surface area contributed by atoms with Crippen molar-refractivity contribution in [3.8, 4) is 0 Å². The Hall–Kier alpha value is -2.43. The molecule has 2 N–H and O–H groups in total. The number of carbonyl (C=O) groups excluding carboxylic acids is 1. The summed E-state index contributed by atoms with van der Waals surface area (Å²) in [5.41, 5.74) is -2.06. The standard InChI is InChI=1S/C32H38F3N3OS3/c1-22(2)28(21-40-25-8-6-5-7-9-25)36-27-15-14-26(20-29(27)41-32(33,34)35)42-37-30(39)23-10-12-24(13-11-23)38-18-16-31(3,4)17-19-38/h5-15,20,22,28,36H,16-19,21H2,1-4H3,(H,37,39). The fourth-order valence-corrected chi connectivity index (χ4v) is 7.13. The molecule has 1 aliphatic rings. The van der Waals surface area contributed by atoms with E-state index >= 15 is 0 Å². The van der Waals surface area contributed by atoms with Crippen LogP contribution < -0.4 is 14.9 Å². The highest BCUT2D eigenvalue weighted by atomic mass is 32.2. The molecule has 42 heavy (non-hydrogen) atoms. The largest absolute Gasteiger partial charge is 0.446 e. The van der Waals surface area contributed by atoms with Crippen LogP contribution in [0, 0.1) is 11.3 Å². The minimum atomic E-state index is -4.44. The molecule has 226 valence electrons. The molecule has 0 spiro atoms. The van der Waals surface area contributed by atoms with Gasteiger partial charge in [0.2, 0.25) is 0 Å². The number of alkyl halides is 3. The van der Waals surface area contributed by atoms with Crippen molar-refractivity contribution in [2.75, 3.05) is 29.1 Å². The maximum Gasteiger partial charge on any atom is 0.446 e. The first-order valence-electron chi connectivity index (χ1n) is 14.0. The van der Waals surface area contributed by atoms with Crippen LogP contribution in [0.4, 0.5) is 24.5 Å². The molecule has 1 unspecified atom stereocenters. The number of hydrogen-bond acceptors (Lipinski definition) is 6. The molecule has 1 atom stereocenters. The predicted octanol–water partition coefficient (Wildman–Crippen LogP) is 9.59. The Morgan fingerprint density at radius 3 is 2.24 bits per heavy atom. The van der Waals surface area contributed by atoms with Crippen LogP contribution in [-0.4, -0.2) is 36.3 Å². The second kappa shape index (κ2) is 14.4. The number of anilines is 2. The molecule has 0 aromatic heterocycles. The van der Waals surface area contributed by atoms with E-state index in [1.54, 1.807) is 36.0 Å². The highest BCUT2D eigenvalue weighted by Gasteiger charge is 2.31. The van der Waals surface area contributed by atoms with E-state index in [1.807, 2.05) is 42.5 Å². The predicted molar refractivity (Wildman–Crippen MR) is 173 cm³/mol. The van der Waals surface area contributed by atoms with E-state index in [-0.39, 0.29) is 34.5 Å². The summed E-state index contributed by atoms with van der Waals surface area (Å²) in [6, 6.07) is 22.3. The van der Waals surface area contributed by atoms with E-state index < -0.39 is 5.51 Å². The van der Waals surface area contributed by atoms with Gasteiger partial charge in [-0.15, -0.1) is 11.8 Å². The molecule has 1 aliphatic heterocycles. The van der Waals surface area contributed by atoms with Crippen LogP contribution in [0.3, 0.4) is 0 Å². The van der Waals surface area contributed by atoms with Crippen LogP contribution in [0.5, 0.6) is 0 Å². The second-order valence-electron chi connectivity index (χ2n) is 11.6. The van der Waals surface area contributed by atoms with E-state index in [0.29, 0.717) is 27.3 Å². The van der Waals surface area contributed by atoms with Gasteiger partial charge >= 0.3 is 5.51 Å². The van der Waals surface area contributed by atoms with Gasteiger partial charge in [0.15, 0.2) is 0 Å². The Morgan fingerprint density at radius 2 is 1.62 bits per heavy atom. The Bertz CT molecular complexity index is 1310. The first-order chi connectivity index (χ1) is 19.9. The van der Waals surface area contributed by atoms with Crippen molar-refractivity contribution >= 4 is 52.8 Å². The van der Waals surface area contributed by atoms with Gasteiger partial charge in [0, 0.05) is 56.5 Å². The minimum absolute atomic E-state index is 0.0413. The molecule has 1 fully saturated rings. The quantitative estimate of drug-likeness (QED) is 0.162. The Kier molecular flexibility index (Phi) is 11.1. The van der Waals surface area contributed by atoms with Gasteiger partial charge in [-0.1, -0.05) is 45.9 Å². The lowest BCUT2D eigenvalue weighted by atomic mass is 9.82. The van der Waals surface area contributed by atoms with Crippen LogP contribution in [0.15, 0.2) is 87.5 Å². The normalized spacial score (nSPS) is 15.9. The number of nitrogens with one attached hydrogen (secondary N) is 2. The molecule has 0 radical (unpaired) electrons. The van der Waals surface area contributed by atoms with Crippen LogP contribution in [0.2, 0.25) is 0 Å². The molecule has 3 aromatic rings. The van der Waals surface area contributed by atoms with Gasteiger partial charge in [-0.25, -0.2) is 0 Å². The first kappa shape index (κ1) is 32.5. The summed E-state index contributed by atoms with van der Waals surface area (Å²) in [4.78, 5) is 16.9. The molecule has 0 saturated carbocycles. The molecule has 1 amide bonds. The summed E-state index contributed by atoms with van der Waals surface area (Å²) in [7, 11) is 0. The van der Waals surface area contributed by atoms with Crippen molar-refractivity contribution in [1.82, 2.24) is 4.72 Å². The molecular weight excluding hydrogens is 596 g/mol. The van der Waals surface area contributed by atoms with Crippen LogP contribution in [-0.2, 0) is 0 Å². The van der Waals surface area contributed by atoms with Gasteiger partial charge in [-0.05, 0) is 102 Å². The minimum Gasteiger partial charge on any atom is -0.380 e. The van der Waals surface area contributed by atoms with E-state index in [9.17, 15) is 18.0 Å². The molecule has 4 rings (SSSR count). The van der Waals surface area contributed by atoms with Crippen molar-refractivity contribution < 1.29 is 18.0 Å². The lowest BCUT2D eigenvalue weighted by molar-refractivity contribution is -0.0328. The van der Waals surface area contributed by atoms with Crippen LogP contribution >= 0.6 is 35.5 Å². The molecular formula is C32H38F3N3OS3. The summed E-state index contributed by atoms with van der Waals surface area (Å²) < 4.78 is 43.3. The molecule has 4 nitrogen and oxygen atoms in total. The lowest BCUT2D eigenvalue weighted by Crippen LogP contribution is -2.37. The SMILES string of the molecule is CC(C)C(CSc1ccccc1)Nc1ccc(SNC(=O)c2ccc(N3CCC(C)(C)CC3)cc2)cc1SC(F)(F)F. The third-order valence-corrected chi connectivity index (χ3v) is 10.1. The van der Waals surface area contributed by atoms with Crippen LogP contribution in [0.1, 0.15) is 50.9 Å². The highest BCUT2D eigenvalue weighted by Crippen LogP contribution is 2.42. The van der Waals surface area contributed by atoms with Gasteiger partial charge in [0.1, 0.15) is 0 Å². The summed E-state index contributed by atoms with van der Waals surface area (Å²) in [5.74, 6) is 0.613. The van der Waals surface area contributed by atoms with Crippen LogP contribution in [0.25, 0.3) is 0 Å². The molecule has 3 aromatic carbocycles. The summed E-state index contributed by atoms with van der Waals surface area (Å²) in [6.45, 7) is 10.7. The second-order valence-corrected chi connectivity index (χ2v) is 14.6. The zero-order valence-corrected chi connectivity index (χ0v) is 26.8. The van der Waals surface area contributed by atoms with Gasteiger partial charge in [-0.3, -0.25) is 9.52 Å². The number of hydrogen-bond donors (Lipinski definition) is 2. The van der Waals surface area contributed by atoms with Crippen molar-refractivity contribution in [1.29, 1.82) is 0 Å². The number of halogens is 3. The number of piperidine rings is 1. The van der Waals surface area contributed by atoms with Crippen molar-refractivity contribution in [2.24, 2.45) is 11.3 Å². The molecule has 10 heteroatoms. The number of rotatable bonds is 11. The van der Waals surface area contributed by atoms with Crippen molar-refractivity contribution in [3.63, 3.8) is 0 Å². The zero-order chi connectivity index (χ0) is 30.3. The third kappa shape index (κ3) is 9.81. The van der Waals surface area contributed by atoms with Gasteiger partial charge in [0.05, 0.1) is 0 Å². The van der Waals surface area contributed by atoms with E-state index in [2.05, 4.69) is 42.6 Å². The maximum absolute atomic E-state index is 13.5. The van der Waals surface area contributed by atoms with Gasteiger partial charge in [0.25, 0.3) is 5.91 Å². The Morgan fingerprint density at radius 1 is 0.952 bits per heavy atom. The summed E-state index contributed by atoms with van der Waals surface area (Å²) in [6.07, 6.45) is 2.25. The lowest BCUT2D eigenvalue weighted by Gasteiger charge is -2.38. The third-order valence-electron chi connectivity index (χ3n) is 7.37. The molecule has 1 saturated heterocycles. The maximum atomic E-state index is 13.5.